The van der Waals surface area contributed by atoms with E-state index < -0.39 is 6.04 Å². The normalized spacial score (nSPS) is 12.2. The van der Waals surface area contributed by atoms with Gasteiger partial charge in [-0.25, -0.2) is 0 Å². The van der Waals surface area contributed by atoms with Crippen LogP contribution in [0.5, 0.6) is 0 Å². The molecule has 16 heavy (non-hydrogen) atoms. The fraction of sp³-hybridized carbons (Fsp3) is 0.417. The predicted molar refractivity (Wildman–Crippen MR) is 70.8 cm³/mol. The van der Waals surface area contributed by atoms with Gasteiger partial charge in [0.2, 0.25) is 5.91 Å². The summed E-state index contributed by atoms with van der Waals surface area (Å²) in [6.45, 7) is 2.01. The molecule has 0 saturated heterocycles. The molecule has 3 N–H and O–H groups in total. The van der Waals surface area contributed by atoms with Crippen molar-refractivity contribution in [1.29, 1.82) is 0 Å². The van der Waals surface area contributed by atoms with Crippen LogP contribution >= 0.6 is 11.8 Å². The maximum absolute atomic E-state index is 11.7. The highest BCUT2D eigenvalue weighted by Gasteiger charge is 2.12. The lowest BCUT2D eigenvalue weighted by Gasteiger charge is -2.11. The molecule has 88 valence electrons. The molecule has 0 aliphatic carbocycles. The quantitative estimate of drug-likeness (QED) is 0.825. The van der Waals surface area contributed by atoms with Gasteiger partial charge in [0.1, 0.15) is 0 Å². The van der Waals surface area contributed by atoms with Gasteiger partial charge in [-0.3, -0.25) is 4.79 Å². The van der Waals surface area contributed by atoms with E-state index in [1.54, 1.807) is 11.8 Å². The molecule has 0 radical (unpaired) electrons. The molecule has 0 spiro atoms. The SMILES string of the molecule is CSCC[C@H](N)C(=O)Nc1ccc(C)cc1. The monoisotopic (exact) mass is 238 g/mol. The second-order valence-electron chi connectivity index (χ2n) is 3.74. The Kier molecular flexibility index (Phi) is 5.35. The number of nitrogens with one attached hydrogen (secondary N) is 1. The van der Waals surface area contributed by atoms with E-state index in [0.717, 1.165) is 11.4 Å². The lowest BCUT2D eigenvalue weighted by atomic mass is 10.2. The van der Waals surface area contributed by atoms with Crippen LogP contribution in [-0.4, -0.2) is 24.0 Å². The van der Waals surface area contributed by atoms with Crippen molar-refractivity contribution in [2.75, 3.05) is 17.3 Å². The molecule has 0 aliphatic heterocycles. The summed E-state index contributed by atoms with van der Waals surface area (Å²) >= 11 is 1.70. The molecule has 0 aromatic heterocycles. The summed E-state index contributed by atoms with van der Waals surface area (Å²) in [6, 6.07) is 7.27. The summed E-state index contributed by atoms with van der Waals surface area (Å²) in [5.41, 5.74) is 7.73. The van der Waals surface area contributed by atoms with Crippen LogP contribution in [0.3, 0.4) is 0 Å². The minimum atomic E-state index is -0.422. The first kappa shape index (κ1) is 13.1. The van der Waals surface area contributed by atoms with Gasteiger partial charge in [0, 0.05) is 5.69 Å². The topological polar surface area (TPSA) is 55.1 Å². The number of nitrogens with two attached hydrogens (primary N) is 1. The largest absolute Gasteiger partial charge is 0.325 e. The van der Waals surface area contributed by atoms with Crippen molar-refractivity contribution in [3.05, 3.63) is 29.8 Å². The van der Waals surface area contributed by atoms with Crippen LogP contribution in [0.25, 0.3) is 0 Å². The summed E-state index contributed by atoms with van der Waals surface area (Å²) in [6.07, 6.45) is 2.71. The highest BCUT2D eigenvalue weighted by Crippen LogP contribution is 2.09. The van der Waals surface area contributed by atoms with Gasteiger partial charge in [-0.2, -0.15) is 11.8 Å². The van der Waals surface area contributed by atoms with Crippen LogP contribution in [0.2, 0.25) is 0 Å². The fourth-order valence-electron chi connectivity index (χ4n) is 1.25. The number of carbonyl (C=O) groups is 1. The Morgan fingerprint density at radius 3 is 2.62 bits per heavy atom. The van der Waals surface area contributed by atoms with E-state index in [2.05, 4.69) is 5.32 Å². The van der Waals surface area contributed by atoms with Crippen molar-refractivity contribution < 1.29 is 4.79 Å². The Balaban J connectivity index is 2.47. The van der Waals surface area contributed by atoms with Gasteiger partial charge in [0.05, 0.1) is 6.04 Å². The first-order valence-electron chi connectivity index (χ1n) is 5.25. The molecule has 0 aliphatic rings. The summed E-state index contributed by atoms with van der Waals surface area (Å²) in [4.78, 5) is 11.7. The third kappa shape index (κ3) is 4.24. The zero-order chi connectivity index (χ0) is 12.0. The first-order valence-corrected chi connectivity index (χ1v) is 6.65. The molecule has 0 bridgehead atoms. The van der Waals surface area contributed by atoms with Crippen LogP contribution in [0, 0.1) is 6.92 Å². The molecule has 1 rings (SSSR count). The van der Waals surface area contributed by atoms with Gasteiger partial charge in [-0.15, -0.1) is 0 Å². The molecule has 4 heteroatoms. The first-order chi connectivity index (χ1) is 7.63. The predicted octanol–water partition coefficient (Wildman–Crippen LogP) is 2.01. The van der Waals surface area contributed by atoms with Gasteiger partial charge in [0.15, 0.2) is 0 Å². The lowest BCUT2D eigenvalue weighted by molar-refractivity contribution is -0.117. The number of amides is 1. The second-order valence-corrected chi connectivity index (χ2v) is 4.73. The third-order valence-corrected chi connectivity index (χ3v) is 2.93. The zero-order valence-corrected chi connectivity index (χ0v) is 10.5. The van der Waals surface area contributed by atoms with Crippen molar-refractivity contribution >= 4 is 23.4 Å². The van der Waals surface area contributed by atoms with Gasteiger partial charge in [-0.1, -0.05) is 17.7 Å². The van der Waals surface area contributed by atoms with Crippen molar-refractivity contribution in [2.24, 2.45) is 5.73 Å². The molecular formula is C12H18N2OS. The smallest absolute Gasteiger partial charge is 0.241 e. The van der Waals surface area contributed by atoms with Gasteiger partial charge < -0.3 is 11.1 Å². The number of anilines is 1. The third-order valence-electron chi connectivity index (χ3n) is 2.29. The average molecular weight is 238 g/mol. The average Bonchev–Trinajstić information content (AvgIpc) is 2.29. The number of benzene rings is 1. The van der Waals surface area contributed by atoms with Gasteiger partial charge in [0.25, 0.3) is 0 Å². The Morgan fingerprint density at radius 1 is 1.44 bits per heavy atom. The lowest BCUT2D eigenvalue weighted by Crippen LogP contribution is -2.36. The Labute approximate surface area is 101 Å². The molecule has 1 aromatic carbocycles. The Bertz CT molecular complexity index is 337. The molecule has 1 amide bonds. The zero-order valence-electron chi connectivity index (χ0n) is 9.69. The minimum Gasteiger partial charge on any atom is -0.325 e. The molecular weight excluding hydrogens is 220 g/mol. The Morgan fingerprint density at radius 2 is 2.06 bits per heavy atom. The number of hydrogen-bond donors (Lipinski definition) is 2. The highest BCUT2D eigenvalue weighted by molar-refractivity contribution is 7.98. The summed E-state index contributed by atoms with van der Waals surface area (Å²) < 4.78 is 0. The molecule has 0 fully saturated rings. The molecule has 1 aromatic rings. The minimum absolute atomic E-state index is 0.113. The van der Waals surface area contributed by atoms with E-state index in [1.807, 2.05) is 37.4 Å². The second kappa shape index (κ2) is 6.55. The number of rotatable bonds is 5. The standard InChI is InChI=1S/C12H18N2OS/c1-9-3-5-10(6-4-9)14-12(15)11(13)7-8-16-2/h3-6,11H,7-8,13H2,1-2H3,(H,14,15)/t11-/m0/s1. The molecule has 1 atom stereocenters. The van der Waals surface area contributed by atoms with Gasteiger partial charge in [-0.05, 0) is 37.5 Å². The van der Waals surface area contributed by atoms with Crippen molar-refractivity contribution in [3.8, 4) is 0 Å². The van der Waals surface area contributed by atoms with Crippen LogP contribution in [0.15, 0.2) is 24.3 Å². The molecule has 3 nitrogen and oxygen atoms in total. The number of thioether (sulfide) groups is 1. The van der Waals surface area contributed by atoms with Crippen molar-refractivity contribution in [1.82, 2.24) is 0 Å². The van der Waals surface area contributed by atoms with Crippen molar-refractivity contribution in [2.45, 2.75) is 19.4 Å². The molecule has 0 unspecified atom stereocenters. The number of aryl methyl sites for hydroxylation is 1. The van der Waals surface area contributed by atoms with Crippen LogP contribution in [0.4, 0.5) is 5.69 Å². The van der Waals surface area contributed by atoms with E-state index in [1.165, 1.54) is 5.56 Å². The van der Waals surface area contributed by atoms with E-state index >= 15 is 0 Å². The summed E-state index contributed by atoms with van der Waals surface area (Å²) in [5.74, 6) is 0.792. The Hall–Kier alpha value is -1.00. The summed E-state index contributed by atoms with van der Waals surface area (Å²) in [7, 11) is 0. The number of hydrogen-bond acceptors (Lipinski definition) is 3. The van der Waals surface area contributed by atoms with Crippen molar-refractivity contribution in [3.63, 3.8) is 0 Å². The molecule has 0 saturated carbocycles. The highest BCUT2D eigenvalue weighted by atomic mass is 32.2. The van der Waals surface area contributed by atoms with E-state index in [4.69, 9.17) is 5.73 Å². The summed E-state index contributed by atoms with van der Waals surface area (Å²) in [5, 5.41) is 2.80. The van der Waals surface area contributed by atoms with E-state index in [-0.39, 0.29) is 5.91 Å². The van der Waals surface area contributed by atoms with Crippen LogP contribution in [-0.2, 0) is 4.79 Å². The van der Waals surface area contributed by atoms with Crippen LogP contribution in [0.1, 0.15) is 12.0 Å². The fourth-order valence-corrected chi connectivity index (χ4v) is 1.74. The molecule has 0 heterocycles. The van der Waals surface area contributed by atoms with Crippen LogP contribution < -0.4 is 11.1 Å². The maximum Gasteiger partial charge on any atom is 0.241 e. The maximum atomic E-state index is 11.7. The van der Waals surface area contributed by atoms with E-state index in [9.17, 15) is 4.79 Å². The van der Waals surface area contributed by atoms with E-state index in [0.29, 0.717) is 6.42 Å². The number of carbonyl (C=O) groups excluding carboxylic acids is 1. The van der Waals surface area contributed by atoms with Gasteiger partial charge >= 0.3 is 0 Å².